The van der Waals surface area contributed by atoms with Gasteiger partial charge in [0.1, 0.15) is 5.82 Å². The largest absolute Gasteiger partial charge is 0.337 e. The normalized spacial score (nSPS) is 12.2. The summed E-state index contributed by atoms with van der Waals surface area (Å²) in [6.07, 6.45) is 3.55. The minimum atomic E-state index is -0.494. The van der Waals surface area contributed by atoms with E-state index in [-0.39, 0.29) is 11.6 Å². The standard InChI is InChI=1S/C15H19N5O3/c1-11(19(3)10-14-16-7-8-18(14)2)15(21)17-12-5-4-6-13(9-12)20(22)23/h4-9,11H,10H2,1-3H3,(H,17,21). The average Bonchev–Trinajstić information content (AvgIpc) is 2.91. The molecule has 0 radical (unpaired) electrons. The number of nitrogens with one attached hydrogen (secondary N) is 1. The van der Waals surface area contributed by atoms with Gasteiger partial charge in [0.05, 0.1) is 17.5 Å². The number of nitrogens with zero attached hydrogens (tertiary/aromatic N) is 4. The van der Waals surface area contributed by atoms with Gasteiger partial charge in [0.2, 0.25) is 5.91 Å². The average molecular weight is 317 g/mol. The van der Waals surface area contributed by atoms with Crippen LogP contribution in [0.4, 0.5) is 11.4 Å². The summed E-state index contributed by atoms with van der Waals surface area (Å²) in [6, 6.07) is 5.47. The van der Waals surface area contributed by atoms with Crippen molar-refractivity contribution in [3.63, 3.8) is 0 Å². The van der Waals surface area contributed by atoms with Crippen molar-refractivity contribution in [1.29, 1.82) is 0 Å². The summed E-state index contributed by atoms with van der Waals surface area (Å²) in [5.41, 5.74) is 0.346. The van der Waals surface area contributed by atoms with Crippen LogP contribution in [-0.4, -0.2) is 38.4 Å². The van der Waals surface area contributed by atoms with Crippen LogP contribution in [-0.2, 0) is 18.4 Å². The zero-order valence-electron chi connectivity index (χ0n) is 13.3. The first-order chi connectivity index (χ1) is 10.9. The molecule has 1 amide bonds. The van der Waals surface area contributed by atoms with Gasteiger partial charge >= 0.3 is 0 Å². The van der Waals surface area contributed by atoms with E-state index >= 15 is 0 Å². The Morgan fingerprint density at radius 3 is 2.87 bits per heavy atom. The lowest BCUT2D eigenvalue weighted by Crippen LogP contribution is -2.39. The maximum atomic E-state index is 12.3. The van der Waals surface area contributed by atoms with E-state index in [0.717, 1.165) is 5.82 Å². The van der Waals surface area contributed by atoms with Gasteiger partial charge in [-0.15, -0.1) is 0 Å². The highest BCUT2D eigenvalue weighted by molar-refractivity contribution is 5.94. The number of rotatable bonds is 6. The van der Waals surface area contributed by atoms with Crippen LogP contribution in [0.2, 0.25) is 0 Å². The van der Waals surface area contributed by atoms with Crippen molar-refractivity contribution in [2.75, 3.05) is 12.4 Å². The number of nitro groups is 1. The number of amides is 1. The minimum absolute atomic E-state index is 0.0585. The number of non-ortho nitro benzene ring substituents is 1. The van der Waals surface area contributed by atoms with Crippen LogP contribution in [0.3, 0.4) is 0 Å². The first kappa shape index (κ1) is 16.6. The topological polar surface area (TPSA) is 93.3 Å². The molecule has 23 heavy (non-hydrogen) atoms. The molecule has 1 unspecified atom stereocenters. The number of hydrogen-bond donors (Lipinski definition) is 1. The molecule has 1 aromatic carbocycles. The molecule has 1 heterocycles. The number of nitro benzene ring substituents is 1. The second-order valence-electron chi connectivity index (χ2n) is 5.34. The van der Waals surface area contributed by atoms with Crippen LogP contribution in [0.5, 0.6) is 0 Å². The monoisotopic (exact) mass is 317 g/mol. The van der Waals surface area contributed by atoms with E-state index in [0.29, 0.717) is 12.2 Å². The molecule has 2 aromatic rings. The van der Waals surface area contributed by atoms with Gasteiger partial charge in [-0.05, 0) is 20.0 Å². The molecule has 0 aliphatic heterocycles. The third kappa shape index (κ3) is 4.13. The Hall–Kier alpha value is -2.74. The number of aryl methyl sites for hydroxylation is 1. The van der Waals surface area contributed by atoms with Crippen molar-refractivity contribution in [2.45, 2.75) is 19.5 Å². The number of imidazole rings is 1. The van der Waals surface area contributed by atoms with E-state index in [1.165, 1.54) is 18.2 Å². The number of hydrogen-bond acceptors (Lipinski definition) is 5. The molecule has 0 fully saturated rings. The number of carbonyl (C=O) groups is 1. The number of anilines is 1. The van der Waals surface area contributed by atoms with E-state index in [1.54, 1.807) is 19.2 Å². The van der Waals surface area contributed by atoms with E-state index in [9.17, 15) is 14.9 Å². The van der Waals surface area contributed by atoms with Gasteiger partial charge < -0.3 is 9.88 Å². The van der Waals surface area contributed by atoms with Gasteiger partial charge in [0.15, 0.2) is 0 Å². The van der Waals surface area contributed by atoms with Crippen molar-refractivity contribution in [3.05, 3.63) is 52.6 Å². The zero-order chi connectivity index (χ0) is 17.0. The van der Waals surface area contributed by atoms with E-state index in [4.69, 9.17) is 0 Å². The number of aromatic nitrogens is 2. The van der Waals surface area contributed by atoms with E-state index in [1.807, 2.05) is 29.8 Å². The van der Waals surface area contributed by atoms with E-state index < -0.39 is 11.0 Å². The van der Waals surface area contributed by atoms with Crippen LogP contribution in [0.25, 0.3) is 0 Å². The Bertz CT molecular complexity index is 713. The van der Waals surface area contributed by atoms with Crippen LogP contribution in [0, 0.1) is 10.1 Å². The SMILES string of the molecule is CC(C(=O)Nc1cccc([N+](=O)[O-])c1)N(C)Cc1nccn1C. The summed E-state index contributed by atoms with van der Waals surface area (Å²) in [5.74, 6) is 0.615. The predicted octanol–water partition coefficient (Wildman–Crippen LogP) is 1.79. The summed E-state index contributed by atoms with van der Waals surface area (Å²) in [7, 11) is 3.72. The van der Waals surface area contributed by atoms with Crippen LogP contribution < -0.4 is 5.32 Å². The fourth-order valence-electron chi connectivity index (χ4n) is 2.05. The van der Waals surface area contributed by atoms with Gasteiger partial charge in [0.25, 0.3) is 5.69 Å². The zero-order valence-corrected chi connectivity index (χ0v) is 13.3. The second-order valence-corrected chi connectivity index (χ2v) is 5.34. The molecule has 0 aliphatic carbocycles. The van der Waals surface area contributed by atoms with Crippen LogP contribution in [0.1, 0.15) is 12.7 Å². The Balaban J connectivity index is 2.00. The highest BCUT2D eigenvalue weighted by atomic mass is 16.6. The molecule has 1 atom stereocenters. The fourth-order valence-corrected chi connectivity index (χ4v) is 2.05. The highest BCUT2D eigenvalue weighted by Crippen LogP contribution is 2.17. The van der Waals surface area contributed by atoms with Crippen LogP contribution in [0.15, 0.2) is 36.7 Å². The van der Waals surface area contributed by atoms with Gasteiger partial charge in [-0.25, -0.2) is 4.98 Å². The maximum absolute atomic E-state index is 12.3. The Kier molecular flexibility index (Phi) is 5.07. The molecule has 0 saturated heterocycles. The Labute approximate surface area is 133 Å². The quantitative estimate of drug-likeness (QED) is 0.647. The van der Waals surface area contributed by atoms with Crippen LogP contribution >= 0.6 is 0 Å². The molecule has 2 rings (SSSR count). The fraction of sp³-hybridized carbons (Fsp3) is 0.333. The van der Waals surface area contributed by atoms with Crippen molar-refractivity contribution in [3.8, 4) is 0 Å². The number of carbonyl (C=O) groups excluding carboxylic acids is 1. The molecule has 1 N–H and O–H groups in total. The van der Waals surface area contributed by atoms with Gasteiger partial charge in [0, 0.05) is 37.3 Å². The third-order valence-corrected chi connectivity index (χ3v) is 3.68. The van der Waals surface area contributed by atoms with Gasteiger partial charge in [-0.2, -0.15) is 0 Å². The van der Waals surface area contributed by atoms with E-state index in [2.05, 4.69) is 10.3 Å². The first-order valence-electron chi connectivity index (χ1n) is 7.10. The molecular formula is C15H19N5O3. The maximum Gasteiger partial charge on any atom is 0.271 e. The van der Waals surface area contributed by atoms with Gasteiger partial charge in [-0.3, -0.25) is 19.8 Å². The Morgan fingerprint density at radius 2 is 2.26 bits per heavy atom. The molecule has 1 aromatic heterocycles. The Morgan fingerprint density at radius 1 is 1.52 bits per heavy atom. The lowest BCUT2D eigenvalue weighted by atomic mass is 10.2. The first-order valence-corrected chi connectivity index (χ1v) is 7.10. The number of likely N-dealkylation sites (N-methyl/N-ethyl adjacent to an activating group) is 1. The number of benzene rings is 1. The summed E-state index contributed by atoms with van der Waals surface area (Å²) in [5, 5.41) is 13.5. The molecule has 8 nitrogen and oxygen atoms in total. The summed E-state index contributed by atoms with van der Waals surface area (Å²) >= 11 is 0. The second kappa shape index (κ2) is 7.01. The summed E-state index contributed by atoms with van der Waals surface area (Å²) in [4.78, 5) is 28.7. The van der Waals surface area contributed by atoms with Crippen molar-refractivity contribution >= 4 is 17.3 Å². The molecule has 0 bridgehead atoms. The summed E-state index contributed by atoms with van der Waals surface area (Å²) in [6.45, 7) is 2.29. The third-order valence-electron chi connectivity index (χ3n) is 3.68. The van der Waals surface area contributed by atoms with Gasteiger partial charge in [-0.1, -0.05) is 6.07 Å². The highest BCUT2D eigenvalue weighted by Gasteiger charge is 2.20. The van der Waals surface area contributed by atoms with Crippen molar-refractivity contribution < 1.29 is 9.72 Å². The molecule has 0 aliphatic rings. The lowest BCUT2D eigenvalue weighted by Gasteiger charge is -2.23. The minimum Gasteiger partial charge on any atom is -0.337 e. The summed E-state index contributed by atoms with van der Waals surface area (Å²) < 4.78 is 1.89. The smallest absolute Gasteiger partial charge is 0.271 e. The molecule has 0 saturated carbocycles. The molecule has 122 valence electrons. The molecular weight excluding hydrogens is 298 g/mol. The van der Waals surface area contributed by atoms with Crippen molar-refractivity contribution in [1.82, 2.24) is 14.5 Å². The predicted molar refractivity (Wildman–Crippen MR) is 85.9 cm³/mol. The lowest BCUT2D eigenvalue weighted by molar-refractivity contribution is -0.384. The molecule has 8 heteroatoms. The molecule has 0 spiro atoms. The van der Waals surface area contributed by atoms with Crippen molar-refractivity contribution in [2.24, 2.45) is 7.05 Å².